The molecule has 0 aliphatic rings. The average molecular weight is 155 g/mol. The van der Waals surface area contributed by atoms with E-state index in [-0.39, 0.29) is 0 Å². The molecule has 2 amide bonds. The molecule has 5 heteroatoms. The van der Waals surface area contributed by atoms with Gasteiger partial charge in [-0.25, -0.2) is 0 Å². The summed E-state index contributed by atoms with van der Waals surface area (Å²) in [6, 6.07) is 0. The molecule has 0 bridgehead atoms. The van der Waals surface area contributed by atoms with Crippen LogP contribution in [0, 0.1) is 12.3 Å². The fourth-order valence-electron chi connectivity index (χ4n) is 0.484. The number of terminal acetylenes is 1. The van der Waals surface area contributed by atoms with Crippen molar-refractivity contribution in [2.24, 2.45) is 17.2 Å². The van der Waals surface area contributed by atoms with Gasteiger partial charge in [0.15, 0.2) is 5.54 Å². The first-order valence-electron chi connectivity index (χ1n) is 2.77. The molecule has 1 unspecified atom stereocenters. The van der Waals surface area contributed by atoms with E-state index in [0.29, 0.717) is 0 Å². The zero-order valence-corrected chi connectivity index (χ0v) is 5.83. The van der Waals surface area contributed by atoms with E-state index in [9.17, 15) is 9.59 Å². The van der Waals surface area contributed by atoms with E-state index in [4.69, 9.17) is 23.6 Å². The van der Waals surface area contributed by atoms with Gasteiger partial charge in [0.1, 0.15) is 0 Å². The Bertz CT molecular complexity index is 230. The SMILES string of the molecule is C#CC(N)(CC(N)=O)C(N)=O. The van der Waals surface area contributed by atoms with Gasteiger partial charge in [0, 0.05) is 0 Å². The van der Waals surface area contributed by atoms with Crippen molar-refractivity contribution in [2.75, 3.05) is 0 Å². The number of carbonyl (C=O) groups excluding carboxylic acids is 2. The summed E-state index contributed by atoms with van der Waals surface area (Å²) in [5, 5.41) is 0. The number of rotatable bonds is 3. The summed E-state index contributed by atoms with van der Waals surface area (Å²) in [6.07, 6.45) is 4.44. The number of primary amides is 2. The molecule has 6 N–H and O–H groups in total. The number of carbonyl (C=O) groups is 2. The molecule has 0 saturated heterocycles. The minimum atomic E-state index is -1.74. The van der Waals surface area contributed by atoms with Gasteiger partial charge in [-0.3, -0.25) is 9.59 Å². The zero-order chi connectivity index (χ0) is 9.07. The Morgan fingerprint density at radius 1 is 1.45 bits per heavy atom. The minimum Gasteiger partial charge on any atom is -0.370 e. The minimum absolute atomic E-state index is 0.432. The Morgan fingerprint density at radius 3 is 2.00 bits per heavy atom. The first kappa shape index (κ1) is 9.46. The first-order chi connectivity index (χ1) is 4.92. The Morgan fingerprint density at radius 2 is 1.91 bits per heavy atom. The summed E-state index contributed by atoms with van der Waals surface area (Å²) in [7, 11) is 0. The summed E-state index contributed by atoms with van der Waals surface area (Å²) in [4.78, 5) is 20.9. The molecular weight excluding hydrogens is 146 g/mol. The Labute approximate surface area is 63.9 Å². The first-order valence-corrected chi connectivity index (χ1v) is 2.77. The van der Waals surface area contributed by atoms with Crippen LogP contribution >= 0.6 is 0 Å². The van der Waals surface area contributed by atoms with Crippen molar-refractivity contribution in [1.29, 1.82) is 0 Å². The topological polar surface area (TPSA) is 112 Å². The molecule has 0 aliphatic heterocycles. The van der Waals surface area contributed by atoms with E-state index in [1.54, 1.807) is 0 Å². The highest BCUT2D eigenvalue weighted by atomic mass is 16.2. The number of amides is 2. The van der Waals surface area contributed by atoms with E-state index in [1.807, 2.05) is 5.92 Å². The Hall–Kier alpha value is -1.54. The molecule has 60 valence electrons. The summed E-state index contributed by atoms with van der Waals surface area (Å²) < 4.78 is 0. The van der Waals surface area contributed by atoms with Gasteiger partial charge in [0.2, 0.25) is 5.91 Å². The standard InChI is InChI=1S/C6H9N3O2/c1-2-6(9,5(8)11)3-4(7)10/h1H,3,9H2,(H2,7,10)(H2,8,11). The van der Waals surface area contributed by atoms with E-state index in [0.717, 1.165) is 0 Å². The van der Waals surface area contributed by atoms with E-state index in [2.05, 4.69) is 0 Å². The predicted molar refractivity (Wildman–Crippen MR) is 38.8 cm³/mol. The van der Waals surface area contributed by atoms with Crippen LogP contribution in [0.15, 0.2) is 0 Å². The fourth-order valence-corrected chi connectivity index (χ4v) is 0.484. The van der Waals surface area contributed by atoms with E-state index >= 15 is 0 Å². The molecule has 0 spiro atoms. The lowest BCUT2D eigenvalue weighted by atomic mass is 9.97. The van der Waals surface area contributed by atoms with Gasteiger partial charge in [-0.15, -0.1) is 6.42 Å². The van der Waals surface area contributed by atoms with Crippen molar-refractivity contribution in [1.82, 2.24) is 0 Å². The van der Waals surface area contributed by atoms with Crippen LogP contribution in [0.4, 0.5) is 0 Å². The zero-order valence-electron chi connectivity index (χ0n) is 5.83. The third-order valence-electron chi connectivity index (χ3n) is 1.15. The highest BCUT2D eigenvalue weighted by Crippen LogP contribution is 2.02. The Balaban J connectivity index is 4.51. The van der Waals surface area contributed by atoms with Crippen LogP contribution in [-0.4, -0.2) is 17.4 Å². The van der Waals surface area contributed by atoms with Crippen LogP contribution < -0.4 is 17.2 Å². The van der Waals surface area contributed by atoms with Gasteiger partial charge in [-0.2, -0.15) is 0 Å². The van der Waals surface area contributed by atoms with E-state index in [1.165, 1.54) is 0 Å². The highest BCUT2D eigenvalue weighted by Gasteiger charge is 2.31. The molecule has 0 aromatic carbocycles. The molecule has 0 rings (SSSR count). The van der Waals surface area contributed by atoms with Crippen molar-refractivity contribution < 1.29 is 9.59 Å². The monoisotopic (exact) mass is 155 g/mol. The van der Waals surface area contributed by atoms with Crippen molar-refractivity contribution in [3.8, 4) is 12.3 Å². The predicted octanol–water partition coefficient (Wildman–Crippen LogP) is -2.32. The molecule has 11 heavy (non-hydrogen) atoms. The molecule has 5 nitrogen and oxygen atoms in total. The van der Waals surface area contributed by atoms with Gasteiger partial charge in [-0.1, -0.05) is 5.92 Å². The van der Waals surface area contributed by atoms with Gasteiger partial charge >= 0.3 is 0 Å². The molecule has 0 heterocycles. The molecular formula is C6H9N3O2. The quantitative estimate of drug-likeness (QED) is 0.397. The molecule has 0 fully saturated rings. The van der Waals surface area contributed by atoms with Crippen LogP contribution in [0.25, 0.3) is 0 Å². The number of hydrogen-bond acceptors (Lipinski definition) is 3. The molecule has 0 aliphatic carbocycles. The second-order valence-corrected chi connectivity index (χ2v) is 2.12. The maximum atomic E-state index is 10.5. The molecule has 0 saturated carbocycles. The van der Waals surface area contributed by atoms with Crippen LogP contribution in [0.1, 0.15) is 6.42 Å². The fraction of sp³-hybridized carbons (Fsp3) is 0.333. The van der Waals surface area contributed by atoms with Crippen LogP contribution in [0.2, 0.25) is 0 Å². The van der Waals surface area contributed by atoms with Crippen molar-refractivity contribution in [2.45, 2.75) is 12.0 Å². The molecule has 0 aromatic rings. The van der Waals surface area contributed by atoms with Crippen LogP contribution in [0.3, 0.4) is 0 Å². The van der Waals surface area contributed by atoms with Crippen molar-refractivity contribution in [3.05, 3.63) is 0 Å². The van der Waals surface area contributed by atoms with Gasteiger partial charge in [0.25, 0.3) is 5.91 Å². The second-order valence-electron chi connectivity index (χ2n) is 2.12. The maximum absolute atomic E-state index is 10.5. The summed E-state index contributed by atoms with van der Waals surface area (Å²) >= 11 is 0. The van der Waals surface area contributed by atoms with Crippen molar-refractivity contribution >= 4 is 11.8 Å². The number of nitrogens with two attached hydrogens (primary N) is 3. The van der Waals surface area contributed by atoms with Gasteiger partial charge < -0.3 is 17.2 Å². The molecule has 0 aromatic heterocycles. The van der Waals surface area contributed by atoms with Gasteiger partial charge in [0.05, 0.1) is 6.42 Å². The summed E-state index contributed by atoms with van der Waals surface area (Å²) in [5.74, 6) is 0.220. The lowest BCUT2D eigenvalue weighted by Gasteiger charge is -2.16. The van der Waals surface area contributed by atoms with E-state index < -0.39 is 23.8 Å². The van der Waals surface area contributed by atoms with Crippen LogP contribution in [-0.2, 0) is 9.59 Å². The normalized spacial score (nSPS) is 14.5. The lowest BCUT2D eigenvalue weighted by Crippen LogP contribution is -2.53. The summed E-state index contributed by atoms with van der Waals surface area (Å²) in [5.41, 5.74) is 13.1. The maximum Gasteiger partial charge on any atom is 0.250 e. The lowest BCUT2D eigenvalue weighted by molar-refractivity contribution is -0.126. The van der Waals surface area contributed by atoms with Crippen LogP contribution in [0.5, 0.6) is 0 Å². The number of hydrogen-bond donors (Lipinski definition) is 3. The smallest absolute Gasteiger partial charge is 0.250 e. The van der Waals surface area contributed by atoms with Crippen molar-refractivity contribution in [3.63, 3.8) is 0 Å². The second kappa shape index (κ2) is 3.03. The average Bonchev–Trinajstić information content (AvgIpc) is 1.86. The summed E-state index contributed by atoms with van der Waals surface area (Å²) in [6.45, 7) is 0. The third kappa shape index (κ3) is 2.27. The Kier molecular flexibility index (Phi) is 2.61. The third-order valence-corrected chi connectivity index (χ3v) is 1.15. The molecule has 0 radical (unpaired) electrons. The highest BCUT2D eigenvalue weighted by molar-refractivity contribution is 5.93. The van der Waals surface area contributed by atoms with Gasteiger partial charge in [-0.05, 0) is 0 Å². The largest absolute Gasteiger partial charge is 0.370 e. The molecule has 1 atom stereocenters.